The maximum Gasteiger partial charge on any atom is 0.270 e. The molecule has 1 aliphatic heterocycles. The third-order valence-electron chi connectivity index (χ3n) is 5.38. The van der Waals surface area contributed by atoms with Gasteiger partial charge in [-0.3, -0.25) is 19.7 Å². The molecule has 0 aromatic heterocycles. The third-order valence-corrected chi connectivity index (χ3v) is 5.98. The summed E-state index contributed by atoms with van der Waals surface area (Å²) >= 11 is 12.4. The van der Waals surface area contributed by atoms with Gasteiger partial charge in [0.15, 0.2) is 11.4 Å². The van der Waals surface area contributed by atoms with E-state index >= 15 is 0 Å². The van der Waals surface area contributed by atoms with Crippen LogP contribution in [-0.4, -0.2) is 21.7 Å². The minimum Gasteiger partial charge on any atom is -0.375 e. The number of amides is 1. The van der Waals surface area contributed by atoms with Gasteiger partial charge >= 0.3 is 0 Å². The molecule has 162 valence electrons. The van der Waals surface area contributed by atoms with Crippen LogP contribution in [0.15, 0.2) is 66.7 Å². The van der Waals surface area contributed by atoms with Crippen LogP contribution < -0.4 is 4.90 Å². The van der Waals surface area contributed by atoms with Gasteiger partial charge in [-0.05, 0) is 29.8 Å². The number of carbonyl (C=O) groups excluding carboxylic acids is 2. The summed E-state index contributed by atoms with van der Waals surface area (Å²) in [5.41, 5.74) is -1.14. The number of hydrogen-bond donors (Lipinski definition) is 1. The van der Waals surface area contributed by atoms with Crippen molar-refractivity contribution in [3.63, 3.8) is 0 Å². The van der Waals surface area contributed by atoms with Crippen LogP contribution in [0, 0.1) is 10.1 Å². The predicted molar refractivity (Wildman–Crippen MR) is 120 cm³/mol. The fourth-order valence-electron chi connectivity index (χ4n) is 3.77. The molecule has 0 spiro atoms. The lowest BCUT2D eigenvalue weighted by Gasteiger charge is -2.23. The second kappa shape index (κ2) is 8.35. The van der Waals surface area contributed by atoms with E-state index in [4.69, 9.17) is 23.2 Å². The number of Topliss-reactive ketones (excluding diaryl/α,β-unsaturated/α-hetero) is 1. The van der Waals surface area contributed by atoms with Crippen LogP contribution in [-0.2, 0) is 16.9 Å². The average molecular weight is 471 g/mol. The Labute approximate surface area is 193 Å². The summed E-state index contributed by atoms with van der Waals surface area (Å²) in [7, 11) is 0. The van der Waals surface area contributed by atoms with E-state index < -0.39 is 28.6 Å². The molecule has 0 radical (unpaired) electrons. The number of aliphatic hydroxyl groups is 1. The molecule has 4 rings (SSSR count). The summed E-state index contributed by atoms with van der Waals surface area (Å²) in [4.78, 5) is 38.1. The fourth-order valence-corrected chi connectivity index (χ4v) is 4.14. The second-order valence-electron chi connectivity index (χ2n) is 7.41. The van der Waals surface area contributed by atoms with Gasteiger partial charge in [-0.1, -0.05) is 53.5 Å². The maximum atomic E-state index is 13.4. The maximum absolute atomic E-state index is 13.4. The molecule has 0 bridgehead atoms. The number of nitro groups is 1. The van der Waals surface area contributed by atoms with Crippen LogP contribution in [0.2, 0.25) is 10.0 Å². The molecule has 7 nitrogen and oxygen atoms in total. The zero-order valence-corrected chi connectivity index (χ0v) is 18.0. The molecule has 3 aromatic carbocycles. The van der Waals surface area contributed by atoms with Crippen molar-refractivity contribution in [3.8, 4) is 0 Å². The lowest BCUT2D eigenvalue weighted by atomic mass is 9.88. The standard InChI is InChI=1S/C23H16Cl2N2O5/c24-16-8-9-20-18(11-16)23(30,12-21(28)14-5-3-6-17(10-14)27(31)32)22(29)26(20)13-15-4-1-2-7-19(15)25/h1-11,30H,12-13H2. The first-order valence-corrected chi connectivity index (χ1v) is 10.3. The number of rotatable bonds is 6. The molecule has 1 aliphatic rings. The SMILES string of the molecule is O=C(CC1(O)C(=O)N(Cc2ccccc2Cl)c2ccc(Cl)cc21)c1cccc([N+](=O)[O-])c1. The summed E-state index contributed by atoms with van der Waals surface area (Å²) in [6.07, 6.45) is -0.598. The minimum absolute atomic E-state index is 0.0218. The molecule has 1 amide bonds. The van der Waals surface area contributed by atoms with Gasteiger partial charge in [-0.15, -0.1) is 0 Å². The van der Waals surface area contributed by atoms with Gasteiger partial charge < -0.3 is 10.0 Å². The molecular formula is C23H16Cl2N2O5. The van der Waals surface area contributed by atoms with Gasteiger partial charge in [0, 0.05) is 33.3 Å². The molecule has 3 aromatic rings. The van der Waals surface area contributed by atoms with Crippen LogP contribution in [0.25, 0.3) is 0 Å². The Morgan fingerprint density at radius 3 is 2.53 bits per heavy atom. The number of ketones is 1. The molecule has 0 aliphatic carbocycles. The Balaban J connectivity index is 1.72. The molecule has 0 fully saturated rings. The number of fused-ring (bicyclic) bond motifs is 1. The Hall–Kier alpha value is -3.26. The van der Waals surface area contributed by atoms with E-state index in [1.54, 1.807) is 36.4 Å². The van der Waals surface area contributed by atoms with E-state index in [1.807, 2.05) is 0 Å². The van der Waals surface area contributed by atoms with Crippen molar-refractivity contribution >= 4 is 46.3 Å². The number of anilines is 1. The normalized spacial score (nSPS) is 17.3. The molecule has 1 heterocycles. The number of non-ortho nitro benzene ring substituents is 1. The van der Waals surface area contributed by atoms with E-state index in [-0.39, 0.29) is 28.4 Å². The molecule has 1 atom stereocenters. The van der Waals surface area contributed by atoms with Gasteiger partial charge in [-0.25, -0.2) is 0 Å². The number of carbonyl (C=O) groups is 2. The molecule has 9 heteroatoms. The Morgan fingerprint density at radius 2 is 1.81 bits per heavy atom. The zero-order valence-electron chi connectivity index (χ0n) is 16.5. The number of nitrogens with zero attached hydrogens (tertiary/aromatic N) is 2. The highest BCUT2D eigenvalue weighted by atomic mass is 35.5. The number of halogens is 2. The summed E-state index contributed by atoms with van der Waals surface area (Å²) < 4.78 is 0. The van der Waals surface area contributed by atoms with Crippen molar-refractivity contribution < 1.29 is 19.6 Å². The minimum atomic E-state index is -2.18. The van der Waals surface area contributed by atoms with E-state index in [9.17, 15) is 24.8 Å². The van der Waals surface area contributed by atoms with Gasteiger partial charge in [0.05, 0.1) is 23.6 Å². The lowest BCUT2D eigenvalue weighted by molar-refractivity contribution is -0.384. The van der Waals surface area contributed by atoms with E-state index in [1.165, 1.54) is 29.2 Å². The zero-order chi connectivity index (χ0) is 23.0. The van der Waals surface area contributed by atoms with Crippen LogP contribution >= 0.6 is 23.2 Å². The second-order valence-corrected chi connectivity index (χ2v) is 8.26. The smallest absolute Gasteiger partial charge is 0.270 e. The highest BCUT2D eigenvalue weighted by molar-refractivity contribution is 6.31. The largest absolute Gasteiger partial charge is 0.375 e. The van der Waals surface area contributed by atoms with Crippen LogP contribution in [0.1, 0.15) is 27.9 Å². The molecule has 0 saturated heterocycles. The van der Waals surface area contributed by atoms with Gasteiger partial charge in [0.2, 0.25) is 0 Å². The first-order chi connectivity index (χ1) is 15.2. The molecular weight excluding hydrogens is 455 g/mol. The van der Waals surface area contributed by atoms with E-state index in [0.29, 0.717) is 16.3 Å². The Kier molecular flexibility index (Phi) is 5.73. The number of nitro benzene ring substituents is 1. The van der Waals surface area contributed by atoms with E-state index in [2.05, 4.69) is 0 Å². The molecule has 32 heavy (non-hydrogen) atoms. The predicted octanol–water partition coefficient (Wildman–Crippen LogP) is 4.91. The average Bonchev–Trinajstić information content (AvgIpc) is 2.96. The first kappa shape index (κ1) is 22.0. The van der Waals surface area contributed by atoms with Crippen molar-refractivity contribution in [2.24, 2.45) is 0 Å². The molecule has 1 N–H and O–H groups in total. The monoisotopic (exact) mass is 470 g/mol. The third kappa shape index (κ3) is 3.86. The van der Waals surface area contributed by atoms with Gasteiger partial charge in [0.25, 0.3) is 11.6 Å². The fraction of sp³-hybridized carbons (Fsp3) is 0.130. The summed E-state index contributed by atoms with van der Waals surface area (Å²) in [6, 6.07) is 16.8. The highest BCUT2D eigenvalue weighted by Gasteiger charge is 2.51. The van der Waals surface area contributed by atoms with Crippen LogP contribution in [0.4, 0.5) is 11.4 Å². The Bertz CT molecular complexity index is 1260. The van der Waals surface area contributed by atoms with Gasteiger partial charge in [-0.2, -0.15) is 0 Å². The van der Waals surface area contributed by atoms with E-state index in [0.717, 1.165) is 6.07 Å². The summed E-state index contributed by atoms with van der Waals surface area (Å²) in [6.45, 7) is 0.0838. The highest BCUT2D eigenvalue weighted by Crippen LogP contribution is 2.45. The summed E-state index contributed by atoms with van der Waals surface area (Å²) in [5, 5.41) is 23.2. The number of benzene rings is 3. The Morgan fingerprint density at radius 1 is 1.06 bits per heavy atom. The molecule has 0 saturated carbocycles. The topological polar surface area (TPSA) is 101 Å². The summed E-state index contributed by atoms with van der Waals surface area (Å²) in [5.74, 6) is -1.32. The van der Waals surface area contributed by atoms with Crippen LogP contribution in [0.5, 0.6) is 0 Å². The quantitative estimate of drug-likeness (QED) is 0.313. The van der Waals surface area contributed by atoms with Crippen molar-refractivity contribution in [3.05, 3.63) is 104 Å². The lowest BCUT2D eigenvalue weighted by Crippen LogP contribution is -2.41. The first-order valence-electron chi connectivity index (χ1n) is 9.56. The molecule has 1 unspecified atom stereocenters. The van der Waals surface area contributed by atoms with Gasteiger partial charge in [0.1, 0.15) is 0 Å². The van der Waals surface area contributed by atoms with Crippen molar-refractivity contribution in [1.82, 2.24) is 0 Å². The number of hydrogen-bond acceptors (Lipinski definition) is 5. The van der Waals surface area contributed by atoms with Crippen LogP contribution in [0.3, 0.4) is 0 Å². The van der Waals surface area contributed by atoms with Crippen molar-refractivity contribution in [2.45, 2.75) is 18.6 Å². The van der Waals surface area contributed by atoms with Crippen molar-refractivity contribution in [1.29, 1.82) is 0 Å². The van der Waals surface area contributed by atoms with Crippen molar-refractivity contribution in [2.75, 3.05) is 4.90 Å².